The van der Waals surface area contributed by atoms with Gasteiger partial charge in [0.1, 0.15) is 36.6 Å². The van der Waals surface area contributed by atoms with Gasteiger partial charge in [0.2, 0.25) is 6.29 Å². The number of benzene rings is 1. The maximum atomic E-state index is 14.6. The average Bonchev–Trinajstić information content (AvgIpc) is 3.69. The molecule has 2 aromatic rings. The highest BCUT2D eigenvalue weighted by Gasteiger charge is 2.70. The maximum Gasteiger partial charge on any atom is 0.414 e. The van der Waals surface area contributed by atoms with Crippen molar-refractivity contribution in [3.05, 3.63) is 47.2 Å². The molecule has 6 aliphatic rings. The monoisotopic (exact) mass is 1010 g/mol. The van der Waals surface area contributed by atoms with Gasteiger partial charge in [0.25, 0.3) is 9.84 Å². The molecule has 19 heteroatoms. The fourth-order valence-electron chi connectivity index (χ4n) is 14.5. The smallest absolute Gasteiger partial charge is 0.414 e. The SMILES string of the molecule is CC(CCOc1no[n+]([O-])c1S(=O)(=O)c1ccccc1)OC(=O)CCC(=O)O[C@H]1CC[C@]2(C)[C@H]3CC=C4[C@@H]5CC(C)(C)CC[C@]5(C(=O)O[C@@H]5O[C@H](CO)[C@@H](O)[C@H](O)[C@H]5O)CC[C@@]4(C)[C@]3(C)CC[C@H]2C1(C)C. The van der Waals surface area contributed by atoms with Crippen molar-refractivity contribution in [2.75, 3.05) is 13.2 Å². The second-order valence-electron chi connectivity index (χ2n) is 23.6. The number of rotatable bonds is 14. The van der Waals surface area contributed by atoms with E-state index < -0.39 is 87.5 Å². The molecule has 1 aliphatic heterocycles. The molecule has 8 rings (SSSR count). The molecule has 5 aliphatic carbocycles. The van der Waals surface area contributed by atoms with Gasteiger partial charge < -0.3 is 49.3 Å². The minimum Gasteiger partial charge on any atom is -0.463 e. The summed E-state index contributed by atoms with van der Waals surface area (Å²) in [5.74, 6) is -1.64. The van der Waals surface area contributed by atoms with Crippen LogP contribution in [0.15, 0.2) is 56.5 Å². The van der Waals surface area contributed by atoms with Crippen LogP contribution >= 0.6 is 0 Å². The van der Waals surface area contributed by atoms with Crippen LogP contribution in [0.5, 0.6) is 5.88 Å². The zero-order chi connectivity index (χ0) is 51.7. The molecular weight excluding hydrogens is 941 g/mol. The van der Waals surface area contributed by atoms with Crippen molar-refractivity contribution >= 4 is 27.7 Å². The standard InChI is InChI=1S/C52H74N2O16S/c1-30(20-27-65-43-44(54(62)70-53-43)71(63,64)31-12-10-9-11-13-31)66-38(56)16-17-39(57)68-37-19-21-49(6)35(48(37,4)5)18-22-51(8)36(49)15-14-32-33-28-47(2,3)23-25-52(33,26-24-50(32,51)7)46(61)69-45-42(60)41(59)40(58)34(29-55)67-45/h9-14,30,33-37,40-42,45,55,58-60H,15-29H2,1-8H3/t30?,33-,34+,35-,36+,37-,40+,41-,42+,45-,49-,50+,51+,52-/m0/s1. The van der Waals surface area contributed by atoms with Gasteiger partial charge in [0.05, 0.1) is 41.5 Å². The molecule has 0 amide bonds. The number of ether oxygens (including phenoxy) is 5. The van der Waals surface area contributed by atoms with Crippen molar-refractivity contribution in [3.63, 3.8) is 0 Å². The summed E-state index contributed by atoms with van der Waals surface area (Å²) >= 11 is 0. The lowest BCUT2D eigenvalue weighted by Gasteiger charge is -2.71. The van der Waals surface area contributed by atoms with E-state index in [1.807, 2.05) is 0 Å². The van der Waals surface area contributed by atoms with E-state index in [1.165, 1.54) is 29.8 Å². The number of hydrogen-bond acceptors (Lipinski definition) is 17. The quantitative estimate of drug-likeness (QED) is 0.0768. The second kappa shape index (κ2) is 19.3. The van der Waals surface area contributed by atoms with Gasteiger partial charge in [-0.3, -0.25) is 19.0 Å². The maximum absolute atomic E-state index is 14.6. The van der Waals surface area contributed by atoms with E-state index in [4.69, 9.17) is 23.7 Å². The fraction of sp³-hybridized carbons (Fsp3) is 0.750. The van der Waals surface area contributed by atoms with Crippen molar-refractivity contribution in [3.8, 4) is 5.88 Å². The number of aliphatic hydroxyl groups excluding tert-OH is 4. The Morgan fingerprint density at radius 2 is 1.56 bits per heavy atom. The Morgan fingerprint density at radius 1 is 0.873 bits per heavy atom. The first-order chi connectivity index (χ1) is 33.3. The zero-order valence-corrected chi connectivity index (χ0v) is 43.2. The number of carbonyl (C=O) groups excluding carboxylic acids is 3. The molecule has 1 saturated heterocycles. The van der Waals surface area contributed by atoms with E-state index in [0.717, 1.165) is 44.9 Å². The molecule has 1 aromatic carbocycles. The average molecular weight is 1020 g/mol. The Morgan fingerprint density at radius 3 is 2.27 bits per heavy atom. The highest BCUT2D eigenvalue weighted by Crippen LogP contribution is 2.76. The third kappa shape index (κ3) is 9.20. The van der Waals surface area contributed by atoms with E-state index in [9.17, 15) is 48.4 Å². The largest absolute Gasteiger partial charge is 0.463 e. The van der Waals surface area contributed by atoms with E-state index >= 15 is 0 Å². The summed E-state index contributed by atoms with van der Waals surface area (Å²) in [6, 6.07) is 7.31. The predicted octanol–water partition coefficient (Wildman–Crippen LogP) is 5.68. The number of sulfone groups is 1. The Bertz CT molecular complexity index is 2460. The molecule has 2 heterocycles. The lowest BCUT2D eigenvalue weighted by atomic mass is 9.33. The first-order valence-corrected chi connectivity index (χ1v) is 26.9. The lowest BCUT2D eigenvalue weighted by Crippen LogP contribution is -2.65. The Labute approximate surface area is 416 Å². The summed E-state index contributed by atoms with van der Waals surface area (Å²) in [5, 5.41) is 56.4. The highest BCUT2D eigenvalue weighted by molar-refractivity contribution is 7.91. The minimum atomic E-state index is -4.30. The summed E-state index contributed by atoms with van der Waals surface area (Å²) in [4.78, 5) is 40.6. The summed E-state index contributed by atoms with van der Waals surface area (Å²) in [6.07, 6.45) is 1.34. The zero-order valence-electron chi connectivity index (χ0n) is 42.3. The van der Waals surface area contributed by atoms with Crippen LogP contribution < -0.4 is 9.64 Å². The minimum absolute atomic E-state index is 0.0408. The van der Waals surface area contributed by atoms with Crippen molar-refractivity contribution in [1.82, 2.24) is 5.16 Å². The first kappa shape index (κ1) is 53.2. The number of aromatic nitrogens is 2. The fourth-order valence-corrected chi connectivity index (χ4v) is 15.8. The third-order valence-corrected chi connectivity index (χ3v) is 20.5. The van der Waals surface area contributed by atoms with Gasteiger partial charge in [0.15, 0.2) is 0 Å². The van der Waals surface area contributed by atoms with E-state index in [-0.39, 0.29) is 80.7 Å². The topological polar surface area (TPSA) is 265 Å². The first-order valence-electron chi connectivity index (χ1n) is 25.4. The molecule has 0 spiro atoms. The number of aliphatic hydroxyl groups is 4. The molecule has 0 radical (unpaired) electrons. The molecule has 71 heavy (non-hydrogen) atoms. The molecule has 0 bridgehead atoms. The molecule has 14 atom stereocenters. The third-order valence-electron chi connectivity index (χ3n) is 18.8. The van der Waals surface area contributed by atoms with Crippen LogP contribution in [0, 0.1) is 55.5 Å². The van der Waals surface area contributed by atoms with Gasteiger partial charge in [0, 0.05) is 11.8 Å². The molecular formula is C52H74N2O16S. The second-order valence-corrected chi connectivity index (χ2v) is 25.5. The highest BCUT2D eigenvalue weighted by atomic mass is 32.2. The number of allylic oxidation sites excluding steroid dienone is 2. The van der Waals surface area contributed by atoms with Crippen LogP contribution in [0.2, 0.25) is 0 Å². The summed E-state index contributed by atoms with van der Waals surface area (Å²) in [6.45, 7) is 17.1. The number of fused-ring (bicyclic) bond motifs is 7. The normalized spacial score (nSPS) is 37.6. The van der Waals surface area contributed by atoms with Crippen molar-refractivity contribution < 1.29 is 76.4 Å². The van der Waals surface area contributed by atoms with E-state index in [0.29, 0.717) is 25.2 Å². The van der Waals surface area contributed by atoms with Gasteiger partial charge in [-0.15, -0.1) is 0 Å². The van der Waals surface area contributed by atoms with Crippen LogP contribution in [0.3, 0.4) is 0 Å². The summed E-state index contributed by atoms with van der Waals surface area (Å²) in [5.41, 5.74) is -0.400. The van der Waals surface area contributed by atoms with Crippen molar-refractivity contribution in [1.29, 1.82) is 0 Å². The Balaban J connectivity index is 0.882. The lowest BCUT2D eigenvalue weighted by molar-refractivity contribution is -0.832. The van der Waals surface area contributed by atoms with Crippen LogP contribution in [0.25, 0.3) is 0 Å². The number of carbonyl (C=O) groups is 3. The number of nitrogens with zero attached hydrogens (tertiary/aromatic N) is 2. The predicted molar refractivity (Wildman–Crippen MR) is 251 cm³/mol. The van der Waals surface area contributed by atoms with Crippen LogP contribution in [-0.2, 0) is 43.2 Å². The molecule has 1 unspecified atom stereocenters. The molecule has 4 N–H and O–H groups in total. The van der Waals surface area contributed by atoms with Crippen molar-refractivity contribution in [2.24, 2.45) is 50.2 Å². The van der Waals surface area contributed by atoms with Gasteiger partial charge in [-0.05, 0) is 128 Å². The van der Waals surface area contributed by atoms with Gasteiger partial charge in [-0.1, -0.05) is 78.3 Å². The number of hydrogen-bond donors (Lipinski definition) is 4. The van der Waals surface area contributed by atoms with Crippen LogP contribution in [0.1, 0.15) is 139 Å². The molecule has 1 aromatic heterocycles. The van der Waals surface area contributed by atoms with Gasteiger partial charge in [-0.2, -0.15) is 0 Å². The number of esters is 3. The summed E-state index contributed by atoms with van der Waals surface area (Å²) in [7, 11) is -4.30. The van der Waals surface area contributed by atoms with Gasteiger partial charge in [-0.25, -0.2) is 8.42 Å². The molecule has 4 saturated carbocycles. The van der Waals surface area contributed by atoms with Crippen molar-refractivity contribution in [2.45, 2.75) is 192 Å². The Hall–Kier alpha value is -4.14. The van der Waals surface area contributed by atoms with E-state index in [1.54, 1.807) is 13.0 Å². The molecule has 394 valence electrons. The van der Waals surface area contributed by atoms with Crippen LogP contribution in [0.4, 0.5) is 0 Å². The molecule has 18 nitrogen and oxygen atoms in total. The van der Waals surface area contributed by atoms with Gasteiger partial charge >= 0.3 is 28.8 Å². The van der Waals surface area contributed by atoms with Crippen LogP contribution in [-0.4, -0.2) is 108 Å². The molecule has 5 fully saturated rings. The summed E-state index contributed by atoms with van der Waals surface area (Å²) < 4.78 is 59.5. The van der Waals surface area contributed by atoms with E-state index in [2.05, 4.69) is 64.3 Å². The Kier molecular flexibility index (Phi) is 14.4.